The van der Waals surface area contributed by atoms with Gasteiger partial charge in [-0.1, -0.05) is 23.7 Å². The quantitative estimate of drug-likeness (QED) is 0.659. The number of ether oxygens (including phenoxy) is 1. The van der Waals surface area contributed by atoms with Crippen LogP contribution in [0.4, 0.5) is 10.1 Å². The number of anilines is 1. The van der Waals surface area contributed by atoms with Gasteiger partial charge in [0.05, 0.1) is 12.7 Å². The Kier molecular flexibility index (Phi) is 5.29. The van der Waals surface area contributed by atoms with Gasteiger partial charge in [0, 0.05) is 21.7 Å². The zero-order chi connectivity index (χ0) is 18.7. The number of nitrogens with zero attached hydrogens (tertiary/aromatic N) is 1. The summed E-state index contributed by atoms with van der Waals surface area (Å²) in [6.45, 7) is 0. The Morgan fingerprint density at radius 2 is 2.04 bits per heavy atom. The van der Waals surface area contributed by atoms with Gasteiger partial charge in [0.2, 0.25) is 0 Å². The molecule has 1 heterocycles. The van der Waals surface area contributed by atoms with Crippen LogP contribution in [-0.2, 0) is 4.74 Å². The Bertz CT molecular complexity index is 990. The molecule has 1 amide bonds. The van der Waals surface area contributed by atoms with Crippen LogP contribution in [0.5, 0.6) is 0 Å². The summed E-state index contributed by atoms with van der Waals surface area (Å²) in [5, 5.41) is 5.41. The minimum atomic E-state index is -0.824. The molecule has 0 aliphatic rings. The van der Waals surface area contributed by atoms with E-state index in [0.29, 0.717) is 10.0 Å². The van der Waals surface area contributed by atoms with Crippen LogP contribution in [0, 0.1) is 5.82 Å². The summed E-state index contributed by atoms with van der Waals surface area (Å²) in [5.41, 5.74) is 1.00. The minimum absolute atomic E-state index is 0.203. The molecule has 0 fully saturated rings. The molecule has 5 nitrogen and oxygen atoms in total. The number of thiazole rings is 1. The monoisotopic (exact) mass is 390 g/mol. The molecule has 1 aromatic heterocycles. The number of hydrogen-bond acceptors (Lipinski definition) is 5. The molecule has 0 saturated heterocycles. The van der Waals surface area contributed by atoms with E-state index in [1.54, 1.807) is 23.6 Å². The van der Waals surface area contributed by atoms with E-state index >= 15 is 0 Å². The molecule has 1 N–H and O–H groups in total. The maximum atomic E-state index is 13.7. The van der Waals surface area contributed by atoms with Gasteiger partial charge in [-0.25, -0.2) is 14.2 Å². The van der Waals surface area contributed by atoms with Crippen molar-refractivity contribution in [3.63, 3.8) is 0 Å². The van der Waals surface area contributed by atoms with Crippen molar-refractivity contribution in [2.75, 3.05) is 12.4 Å². The van der Waals surface area contributed by atoms with Gasteiger partial charge in [-0.15, -0.1) is 11.3 Å². The Morgan fingerprint density at radius 1 is 1.23 bits per heavy atom. The third-order valence-electron chi connectivity index (χ3n) is 3.44. The molecule has 0 unspecified atom stereocenters. The van der Waals surface area contributed by atoms with Gasteiger partial charge in [-0.3, -0.25) is 4.79 Å². The third kappa shape index (κ3) is 3.89. The topological polar surface area (TPSA) is 68.3 Å². The van der Waals surface area contributed by atoms with Crippen LogP contribution in [-0.4, -0.2) is 24.0 Å². The maximum Gasteiger partial charge on any atom is 0.340 e. The average molecular weight is 391 g/mol. The fourth-order valence-corrected chi connectivity index (χ4v) is 3.18. The molecule has 0 radical (unpaired) electrons. The van der Waals surface area contributed by atoms with Gasteiger partial charge >= 0.3 is 5.97 Å². The SMILES string of the molecule is COC(=O)c1cc(NC(=O)c2csc(-c3cccc(Cl)c3)n2)ccc1F. The van der Waals surface area contributed by atoms with Crippen LogP contribution in [0.15, 0.2) is 47.8 Å². The number of rotatable bonds is 4. The second-order valence-electron chi connectivity index (χ2n) is 5.19. The Morgan fingerprint density at radius 3 is 2.77 bits per heavy atom. The normalized spacial score (nSPS) is 10.4. The molecular weight excluding hydrogens is 379 g/mol. The summed E-state index contributed by atoms with van der Waals surface area (Å²) in [4.78, 5) is 28.2. The predicted octanol–water partition coefficient (Wildman–Crippen LogP) is 4.64. The highest BCUT2D eigenvalue weighted by Gasteiger charge is 2.16. The number of hydrogen-bond donors (Lipinski definition) is 1. The first-order valence-corrected chi connectivity index (χ1v) is 8.64. The van der Waals surface area contributed by atoms with E-state index in [1.165, 1.54) is 23.5 Å². The van der Waals surface area contributed by atoms with Crippen LogP contribution < -0.4 is 5.32 Å². The zero-order valence-corrected chi connectivity index (χ0v) is 15.0. The van der Waals surface area contributed by atoms with Gasteiger partial charge in [-0.2, -0.15) is 0 Å². The van der Waals surface area contributed by atoms with E-state index in [9.17, 15) is 14.0 Å². The molecule has 3 rings (SSSR count). The fourth-order valence-electron chi connectivity index (χ4n) is 2.20. The first-order chi connectivity index (χ1) is 12.5. The van der Waals surface area contributed by atoms with Crippen molar-refractivity contribution < 1.29 is 18.7 Å². The second kappa shape index (κ2) is 7.63. The number of carbonyl (C=O) groups excluding carboxylic acids is 2. The summed E-state index contributed by atoms with van der Waals surface area (Å²) in [7, 11) is 1.15. The summed E-state index contributed by atoms with van der Waals surface area (Å²) < 4.78 is 18.2. The van der Waals surface area contributed by atoms with E-state index in [4.69, 9.17) is 11.6 Å². The number of halogens is 2. The van der Waals surface area contributed by atoms with Crippen LogP contribution >= 0.6 is 22.9 Å². The lowest BCUT2D eigenvalue weighted by molar-refractivity contribution is 0.0595. The third-order valence-corrected chi connectivity index (χ3v) is 4.56. The molecule has 0 bridgehead atoms. The molecule has 0 spiro atoms. The summed E-state index contributed by atoms with van der Waals surface area (Å²) in [5.74, 6) is -2.03. The number of methoxy groups -OCH3 is 1. The van der Waals surface area contributed by atoms with Gasteiger partial charge in [0.15, 0.2) is 0 Å². The maximum absolute atomic E-state index is 13.7. The molecule has 3 aromatic rings. The molecule has 0 atom stereocenters. The predicted molar refractivity (Wildman–Crippen MR) is 98.3 cm³/mol. The summed E-state index contributed by atoms with van der Waals surface area (Å²) in [6, 6.07) is 10.8. The van der Waals surface area contributed by atoms with E-state index < -0.39 is 17.7 Å². The highest BCUT2D eigenvalue weighted by molar-refractivity contribution is 7.13. The Hall–Kier alpha value is -2.77. The summed E-state index contributed by atoms with van der Waals surface area (Å²) in [6.07, 6.45) is 0. The van der Waals surface area contributed by atoms with Gasteiger partial charge in [-0.05, 0) is 30.3 Å². The Labute approximate surface area is 157 Å². The molecule has 26 heavy (non-hydrogen) atoms. The molecule has 0 aliphatic carbocycles. The highest BCUT2D eigenvalue weighted by Crippen LogP contribution is 2.26. The van der Waals surface area contributed by atoms with Crippen molar-refractivity contribution in [3.05, 3.63) is 69.9 Å². The van der Waals surface area contributed by atoms with Crippen molar-refractivity contribution in [2.24, 2.45) is 0 Å². The number of carbonyl (C=O) groups is 2. The van der Waals surface area contributed by atoms with Gasteiger partial charge < -0.3 is 10.1 Å². The van der Waals surface area contributed by atoms with E-state index in [-0.39, 0.29) is 16.9 Å². The number of amides is 1. The molecule has 132 valence electrons. The van der Waals surface area contributed by atoms with Gasteiger partial charge in [0.25, 0.3) is 5.91 Å². The lowest BCUT2D eigenvalue weighted by atomic mass is 10.2. The lowest BCUT2D eigenvalue weighted by Crippen LogP contribution is -2.13. The van der Waals surface area contributed by atoms with Crippen molar-refractivity contribution in [1.29, 1.82) is 0 Å². The number of aromatic nitrogens is 1. The largest absolute Gasteiger partial charge is 0.465 e. The first-order valence-electron chi connectivity index (χ1n) is 7.38. The highest BCUT2D eigenvalue weighted by atomic mass is 35.5. The molecule has 2 aromatic carbocycles. The van der Waals surface area contributed by atoms with Crippen molar-refractivity contribution in [2.45, 2.75) is 0 Å². The van der Waals surface area contributed by atoms with Crippen molar-refractivity contribution >= 4 is 40.5 Å². The lowest BCUT2D eigenvalue weighted by Gasteiger charge is -2.06. The molecule has 8 heteroatoms. The first kappa shape index (κ1) is 18.0. The molecular formula is C18H12ClFN2O3S. The van der Waals surface area contributed by atoms with Crippen LogP contribution in [0.2, 0.25) is 5.02 Å². The average Bonchev–Trinajstić information content (AvgIpc) is 3.13. The van der Waals surface area contributed by atoms with Crippen LogP contribution in [0.25, 0.3) is 10.6 Å². The minimum Gasteiger partial charge on any atom is -0.465 e. The van der Waals surface area contributed by atoms with Crippen molar-refractivity contribution in [1.82, 2.24) is 4.98 Å². The van der Waals surface area contributed by atoms with Crippen molar-refractivity contribution in [3.8, 4) is 10.6 Å². The van der Waals surface area contributed by atoms with E-state index in [0.717, 1.165) is 18.7 Å². The van der Waals surface area contributed by atoms with Crippen LogP contribution in [0.1, 0.15) is 20.8 Å². The second-order valence-corrected chi connectivity index (χ2v) is 6.48. The smallest absolute Gasteiger partial charge is 0.340 e. The zero-order valence-electron chi connectivity index (χ0n) is 13.5. The summed E-state index contributed by atoms with van der Waals surface area (Å²) >= 11 is 7.27. The van der Waals surface area contributed by atoms with Crippen LogP contribution in [0.3, 0.4) is 0 Å². The number of nitrogens with one attached hydrogen (secondary N) is 1. The van der Waals surface area contributed by atoms with E-state index in [1.807, 2.05) is 6.07 Å². The molecule has 0 saturated carbocycles. The number of benzene rings is 2. The van der Waals surface area contributed by atoms with Gasteiger partial charge in [0.1, 0.15) is 16.5 Å². The standard InChI is InChI=1S/C18H12ClFN2O3S/c1-25-18(24)13-8-12(5-6-14(13)20)21-16(23)15-9-26-17(22-15)10-3-2-4-11(19)7-10/h2-9H,1H3,(H,21,23). The van der Waals surface area contributed by atoms with E-state index in [2.05, 4.69) is 15.0 Å². The number of esters is 1. The Balaban J connectivity index is 1.80. The molecule has 0 aliphatic heterocycles. The fraction of sp³-hybridized carbons (Fsp3) is 0.0556.